The monoisotopic (exact) mass is 498 g/mol. The Morgan fingerprint density at radius 1 is 1.23 bits per heavy atom. The van der Waals surface area contributed by atoms with Crippen molar-refractivity contribution in [1.82, 2.24) is 15.3 Å². The molecule has 0 radical (unpaired) electrons. The van der Waals surface area contributed by atoms with Gasteiger partial charge in [-0.1, -0.05) is 18.2 Å². The molecule has 35 heavy (non-hydrogen) atoms. The number of aliphatic hydroxyl groups excluding tert-OH is 1. The van der Waals surface area contributed by atoms with Gasteiger partial charge in [-0.2, -0.15) is 4.98 Å². The second-order valence-corrected chi connectivity index (χ2v) is 8.55. The highest BCUT2D eigenvalue weighted by Crippen LogP contribution is 2.29. The number of benzene rings is 1. The Balaban J connectivity index is 1.60. The fourth-order valence-corrected chi connectivity index (χ4v) is 3.92. The van der Waals surface area contributed by atoms with Crippen LogP contribution in [0.1, 0.15) is 38.2 Å². The zero-order valence-electron chi connectivity index (χ0n) is 19.2. The second-order valence-electron chi connectivity index (χ2n) is 8.55. The Bertz CT molecular complexity index is 984. The van der Waals surface area contributed by atoms with Crippen molar-refractivity contribution in [2.75, 3.05) is 23.7 Å². The highest BCUT2D eigenvalue weighted by Gasteiger charge is 2.32. The molecule has 1 saturated carbocycles. The molecule has 0 aliphatic heterocycles. The zero-order chi connectivity index (χ0) is 25.4. The van der Waals surface area contributed by atoms with Gasteiger partial charge in [0.25, 0.3) is 0 Å². The molecule has 192 valence electrons. The molecule has 1 aromatic heterocycles. The minimum atomic E-state index is -4.83. The number of nitrogens with one attached hydrogen (secondary N) is 3. The van der Waals surface area contributed by atoms with Gasteiger partial charge in [0.2, 0.25) is 11.8 Å². The van der Waals surface area contributed by atoms with Crippen LogP contribution in [-0.2, 0) is 6.54 Å². The Labute approximate surface area is 200 Å². The van der Waals surface area contributed by atoms with Gasteiger partial charge in [-0.25, -0.2) is 4.98 Å². The largest absolute Gasteiger partial charge is 0.573 e. The van der Waals surface area contributed by atoms with Crippen LogP contribution >= 0.6 is 0 Å². The third-order valence-corrected chi connectivity index (χ3v) is 5.71. The molecule has 1 atom stereocenters. The minimum Gasteiger partial charge on any atom is -0.405 e. The van der Waals surface area contributed by atoms with E-state index in [1.54, 1.807) is 13.0 Å². The van der Waals surface area contributed by atoms with Crippen LogP contribution in [0.4, 0.5) is 30.6 Å². The van der Waals surface area contributed by atoms with E-state index in [2.05, 4.69) is 30.7 Å². The molecule has 1 aromatic carbocycles. The number of ether oxygens (including phenoxy) is 1. The molecule has 1 aliphatic rings. The van der Waals surface area contributed by atoms with Crippen LogP contribution in [0.25, 0.3) is 0 Å². The van der Waals surface area contributed by atoms with E-state index in [0.717, 1.165) is 31.9 Å². The first kappa shape index (κ1) is 26.4. The maximum Gasteiger partial charge on any atom is 0.573 e. The van der Waals surface area contributed by atoms with Gasteiger partial charge in [0, 0.05) is 31.2 Å². The summed E-state index contributed by atoms with van der Waals surface area (Å²) in [5.74, 6) is 0.0240. The molecule has 0 saturated heterocycles. The smallest absolute Gasteiger partial charge is 0.405 e. The van der Waals surface area contributed by atoms with Gasteiger partial charge in [0.1, 0.15) is 11.9 Å². The minimum absolute atomic E-state index is 0.0333. The quantitative estimate of drug-likeness (QED) is 0.269. The zero-order valence-corrected chi connectivity index (χ0v) is 19.2. The van der Waals surface area contributed by atoms with Crippen molar-refractivity contribution < 1.29 is 27.9 Å². The molecule has 3 rings (SSSR count). The number of alkyl halides is 3. The lowest BCUT2D eigenvalue weighted by Crippen LogP contribution is -2.38. The fourth-order valence-electron chi connectivity index (χ4n) is 3.92. The van der Waals surface area contributed by atoms with Crippen LogP contribution in [0, 0.1) is 16.0 Å². The van der Waals surface area contributed by atoms with Gasteiger partial charge in [0.15, 0.2) is 0 Å². The van der Waals surface area contributed by atoms with Crippen molar-refractivity contribution in [2.45, 2.75) is 57.7 Å². The summed E-state index contributed by atoms with van der Waals surface area (Å²) in [5.41, 5.74) is -0.0640. The lowest BCUT2D eigenvalue weighted by atomic mass is 9.86. The summed E-state index contributed by atoms with van der Waals surface area (Å²) in [6, 6.07) is 5.99. The molecule has 0 spiro atoms. The van der Waals surface area contributed by atoms with E-state index in [1.807, 2.05) is 0 Å². The molecule has 13 heteroatoms. The molecule has 0 bridgehead atoms. The molecule has 1 unspecified atom stereocenters. The number of aromatic nitrogens is 2. The Morgan fingerprint density at radius 2 is 1.94 bits per heavy atom. The van der Waals surface area contributed by atoms with E-state index in [-0.39, 0.29) is 35.3 Å². The van der Waals surface area contributed by atoms with E-state index in [0.29, 0.717) is 25.0 Å². The molecular weight excluding hydrogens is 469 g/mol. The molecule has 4 N–H and O–H groups in total. The molecular formula is C22H29F3N6O4. The summed E-state index contributed by atoms with van der Waals surface area (Å²) in [6.07, 6.45) is -0.444. The number of aliphatic hydroxyl groups is 1. The summed E-state index contributed by atoms with van der Waals surface area (Å²) < 4.78 is 41.9. The second kappa shape index (κ2) is 12.0. The maximum atomic E-state index is 12.6. The van der Waals surface area contributed by atoms with Crippen molar-refractivity contribution in [1.29, 1.82) is 0 Å². The number of hydrogen-bond donors (Lipinski definition) is 4. The first-order chi connectivity index (χ1) is 16.6. The average Bonchev–Trinajstić information content (AvgIpc) is 2.80. The number of halogens is 3. The first-order valence-electron chi connectivity index (χ1n) is 11.3. The lowest BCUT2D eigenvalue weighted by molar-refractivity contribution is -0.384. The first-order valence-corrected chi connectivity index (χ1v) is 11.3. The van der Waals surface area contributed by atoms with Crippen molar-refractivity contribution in [3.05, 3.63) is 46.1 Å². The highest BCUT2D eigenvalue weighted by molar-refractivity contribution is 5.57. The Kier molecular flexibility index (Phi) is 9.04. The summed E-state index contributed by atoms with van der Waals surface area (Å²) in [4.78, 5) is 18.9. The summed E-state index contributed by atoms with van der Waals surface area (Å²) in [6.45, 7) is 2.69. The number of nitro groups is 1. The number of para-hydroxylation sites is 1. The van der Waals surface area contributed by atoms with Gasteiger partial charge in [0.05, 0.1) is 11.0 Å². The SMILES string of the molecule is CC(O)CN[C@H]1CC[C@H](CNc2nc(NCc3ccccc3OC(F)(F)F)ncc2[N+](=O)[O-])CC1. The Hall–Kier alpha value is -3.19. The van der Waals surface area contributed by atoms with Crippen LogP contribution in [-0.4, -0.2) is 51.6 Å². The van der Waals surface area contributed by atoms with Gasteiger partial charge in [-0.05, 0) is 44.6 Å². The van der Waals surface area contributed by atoms with Crippen molar-refractivity contribution in [3.8, 4) is 5.75 Å². The van der Waals surface area contributed by atoms with E-state index in [1.165, 1.54) is 18.2 Å². The number of rotatable bonds is 11. The molecule has 1 fully saturated rings. The van der Waals surface area contributed by atoms with Crippen LogP contribution in [0.3, 0.4) is 0 Å². The number of anilines is 2. The van der Waals surface area contributed by atoms with Crippen LogP contribution in [0.2, 0.25) is 0 Å². The van der Waals surface area contributed by atoms with Gasteiger partial charge >= 0.3 is 12.0 Å². The summed E-state index contributed by atoms with van der Waals surface area (Å²) in [7, 11) is 0. The normalized spacial score (nSPS) is 19.1. The third kappa shape index (κ3) is 8.51. The molecule has 10 nitrogen and oxygen atoms in total. The van der Waals surface area contributed by atoms with Gasteiger partial charge < -0.3 is 25.8 Å². The van der Waals surface area contributed by atoms with Crippen LogP contribution in [0.5, 0.6) is 5.75 Å². The molecule has 1 heterocycles. The van der Waals surface area contributed by atoms with Gasteiger partial charge in [-0.3, -0.25) is 10.1 Å². The van der Waals surface area contributed by atoms with E-state index < -0.39 is 17.4 Å². The molecule has 0 amide bonds. The van der Waals surface area contributed by atoms with Crippen molar-refractivity contribution in [3.63, 3.8) is 0 Å². The average molecular weight is 499 g/mol. The summed E-state index contributed by atoms with van der Waals surface area (Å²) >= 11 is 0. The molecule has 1 aliphatic carbocycles. The molecule has 2 aromatic rings. The van der Waals surface area contributed by atoms with Crippen LogP contribution in [0.15, 0.2) is 30.5 Å². The lowest BCUT2D eigenvalue weighted by Gasteiger charge is -2.29. The summed E-state index contributed by atoms with van der Waals surface area (Å²) in [5, 5.41) is 30.0. The van der Waals surface area contributed by atoms with E-state index in [9.17, 15) is 28.4 Å². The van der Waals surface area contributed by atoms with Crippen molar-refractivity contribution in [2.24, 2.45) is 5.92 Å². The van der Waals surface area contributed by atoms with E-state index >= 15 is 0 Å². The predicted octanol–water partition coefficient (Wildman–Crippen LogP) is 3.84. The maximum absolute atomic E-state index is 12.6. The van der Waals surface area contributed by atoms with Crippen molar-refractivity contribution >= 4 is 17.5 Å². The highest BCUT2D eigenvalue weighted by atomic mass is 19.4. The van der Waals surface area contributed by atoms with Crippen LogP contribution < -0.4 is 20.7 Å². The van der Waals surface area contributed by atoms with E-state index in [4.69, 9.17) is 0 Å². The predicted molar refractivity (Wildman–Crippen MR) is 123 cm³/mol. The number of nitrogens with zero attached hydrogens (tertiary/aromatic N) is 3. The Morgan fingerprint density at radius 3 is 2.60 bits per heavy atom. The third-order valence-electron chi connectivity index (χ3n) is 5.71. The fraction of sp³-hybridized carbons (Fsp3) is 0.545. The standard InChI is InChI=1S/C22H29F3N6O4/c1-14(32)10-26-17-8-6-15(7-9-17)11-27-20-18(31(33)34)13-29-21(30-20)28-12-16-4-2-3-5-19(16)35-22(23,24)25/h2-5,13-15,17,26,32H,6-12H2,1H3,(H2,27,28,29,30)/t14?,15-,17-. The van der Waals surface area contributed by atoms with Gasteiger partial charge in [-0.15, -0.1) is 13.2 Å². The number of hydrogen-bond acceptors (Lipinski definition) is 9. The topological polar surface area (TPSA) is 134 Å².